The third kappa shape index (κ3) is 4.28. The van der Waals surface area contributed by atoms with Gasteiger partial charge < -0.3 is 9.47 Å². The molecular formula is C21H16FN3O5. The van der Waals surface area contributed by atoms with Crippen molar-refractivity contribution in [3.63, 3.8) is 0 Å². The van der Waals surface area contributed by atoms with Crippen LogP contribution < -0.4 is 19.7 Å². The van der Waals surface area contributed by atoms with Gasteiger partial charge in [-0.1, -0.05) is 6.07 Å². The Hall–Kier alpha value is -4.19. The third-order valence-electron chi connectivity index (χ3n) is 4.06. The van der Waals surface area contributed by atoms with Crippen molar-refractivity contribution < 1.29 is 28.2 Å². The second-order valence-electron chi connectivity index (χ2n) is 6.02. The topological polar surface area (TPSA) is 109 Å². The van der Waals surface area contributed by atoms with Gasteiger partial charge in [0.05, 0.1) is 12.3 Å². The fourth-order valence-corrected chi connectivity index (χ4v) is 2.76. The Balaban J connectivity index is 1.96. The summed E-state index contributed by atoms with van der Waals surface area (Å²) in [5.41, 5.74) is 0.272. The van der Waals surface area contributed by atoms with Crippen LogP contribution in [0.5, 0.6) is 11.5 Å². The lowest BCUT2D eigenvalue weighted by molar-refractivity contribution is -0.122. The second kappa shape index (κ2) is 8.87. The molecule has 0 unspecified atom stereocenters. The molecule has 4 amide bonds. The Bertz CT molecular complexity index is 1070. The summed E-state index contributed by atoms with van der Waals surface area (Å²) in [6.07, 6.45) is 1.30. The van der Waals surface area contributed by atoms with Gasteiger partial charge in [0.25, 0.3) is 11.8 Å². The van der Waals surface area contributed by atoms with Crippen LogP contribution in [-0.4, -0.2) is 31.1 Å². The number of hydrogen-bond acceptors (Lipinski definition) is 6. The number of rotatable bonds is 6. The van der Waals surface area contributed by atoms with Crippen LogP contribution in [0, 0.1) is 17.1 Å². The predicted octanol–water partition coefficient (Wildman–Crippen LogP) is 2.79. The van der Waals surface area contributed by atoms with Gasteiger partial charge in [-0.15, -0.1) is 0 Å². The van der Waals surface area contributed by atoms with E-state index in [-0.39, 0.29) is 17.9 Å². The van der Waals surface area contributed by atoms with Crippen LogP contribution in [-0.2, 0) is 9.59 Å². The average molecular weight is 409 g/mol. The summed E-state index contributed by atoms with van der Waals surface area (Å²) in [6, 6.07) is 10.3. The molecule has 9 heteroatoms. The van der Waals surface area contributed by atoms with E-state index in [2.05, 4.69) is 5.32 Å². The molecule has 0 aliphatic carbocycles. The van der Waals surface area contributed by atoms with Crippen molar-refractivity contribution in [2.45, 2.75) is 6.92 Å². The highest BCUT2D eigenvalue weighted by Gasteiger charge is 2.36. The summed E-state index contributed by atoms with van der Waals surface area (Å²) in [5, 5.41) is 10.8. The average Bonchev–Trinajstić information content (AvgIpc) is 2.72. The van der Waals surface area contributed by atoms with Crippen LogP contribution in [0.1, 0.15) is 12.5 Å². The number of barbiturate groups is 1. The Labute approximate surface area is 171 Å². The smallest absolute Gasteiger partial charge is 0.335 e. The third-order valence-corrected chi connectivity index (χ3v) is 4.06. The van der Waals surface area contributed by atoms with Crippen LogP contribution in [0.4, 0.5) is 14.9 Å². The van der Waals surface area contributed by atoms with Gasteiger partial charge in [-0.3, -0.25) is 14.9 Å². The van der Waals surface area contributed by atoms with E-state index in [1.807, 2.05) is 6.07 Å². The molecule has 1 N–H and O–H groups in total. The fraction of sp³-hybridized carbons (Fsp3) is 0.143. The number of carbonyl (C=O) groups is 3. The maximum Gasteiger partial charge on any atom is 0.335 e. The number of imide groups is 2. The van der Waals surface area contributed by atoms with Crippen LogP contribution in [0.3, 0.4) is 0 Å². The van der Waals surface area contributed by atoms with E-state index in [0.29, 0.717) is 23.7 Å². The Morgan fingerprint density at radius 3 is 2.50 bits per heavy atom. The molecule has 30 heavy (non-hydrogen) atoms. The van der Waals surface area contributed by atoms with E-state index in [4.69, 9.17) is 14.7 Å². The van der Waals surface area contributed by atoms with Gasteiger partial charge in [0, 0.05) is 0 Å². The summed E-state index contributed by atoms with van der Waals surface area (Å²) in [4.78, 5) is 38.0. The van der Waals surface area contributed by atoms with E-state index in [9.17, 15) is 18.8 Å². The number of nitrogens with one attached hydrogen (secondary N) is 1. The number of nitrogens with zero attached hydrogens (tertiary/aromatic N) is 2. The highest BCUT2D eigenvalue weighted by atomic mass is 19.1. The lowest BCUT2D eigenvalue weighted by Gasteiger charge is -2.26. The minimum absolute atomic E-state index is 0.118. The molecule has 0 aromatic heterocycles. The Morgan fingerprint density at radius 2 is 1.83 bits per heavy atom. The highest BCUT2D eigenvalue weighted by molar-refractivity contribution is 6.39. The first-order valence-corrected chi connectivity index (χ1v) is 8.88. The van der Waals surface area contributed by atoms with E-state index in [1.165, 1.54) is 18.2 Å². The molecule has 0 radical (unpaired) electrons. The van der Waals surface area contributed by atoms with Gasteiger partial charge in [0.15, 0.2) is 18.1 Å². The van der Waals surface area contributed by atoms with Gasteiger partial charge in [-0.05, 0) is 55.0 Å². The number of hydrogen-bond donors (Lipinski definition) is 1. The van der Waals surface area contributed by atoms with Crippen molar-refractivity contribution in [1.29, 1.82) is 5.26 Å². The normalized spacial score (nSPS) is 15.0. The van der Waals surface area contributed by atoms with Crippen molar-refractivity contribution in [1.82, 2.24) is 5.32 Å². The number of anilines is 1. The highest BCUT2D eigenvalue weighted by Crippen LogP contribution is 2.30. The van der Waals surface area contributed by atoms with Crippen LogP contribution in [0.15, 0.2) is 48.0 Å². The maximum absolute atomic E-state index is 13.2. The summed E-state index contributed by atoms with van der Waals surface area (Å²) in [6.45, 7) is 1.93. The zero-order chi connectivity index (χ0) is 21.7. The Kier molecular flexibility index (Phi) is 6.08. The molecular weight excluding hydrogens is 393 g/mol. The van der Waals surface area contributed by atoms with Gasteiger partial charge in [-0.25, -0.2) is 14.1 Å². The van der Waals surface area contributed by atoms with E-state index in [0.717, 1.165) is 17.0 Å². The molecule has 1 aliphatic rings. The van der Waals surface area contributed by atoms with E-state index < -0.39 is 23.7 Å². The van der Waals surface area contributed by atoms with Gasteiger partial charge in [0.2, 0.25) is 0 Å². The molecule has 0 bridgehead atoms. The molecule has 1 fully saturated rings. The standard InChI is InChI=1S/C21H16FN3O5/c1-2-29-18-12-13(3-8-17(18)30-10-9-23)11-16-19(26)24-21(28)25(20(16)27)15-6-4-14(22)5-7-15/h3-8,11-12H,2,10H2,1H3,(H,24,26,28)/b16-11+. The maximum atomic E-state index is 13.2. The van der Waals surface area contributed by atoms with Crippen molar-refractivity contribution in [2.24, 2.45) is 0 Å². The summed E-state index contributed by atoms with van der Waals surface area (Å²) in [7, 11) is 0. The first-order chi connectivity index (χ1) is 14.4. The summed E-state index contributed by atoms with van der Waals surface area (Å²) in [5.74, 6) is -1.57. The van der Waals surface area contributed by atoms with Crippen LogP contribution >= 0.6 is 0 Å². The first-order valence-electron chi connectivity index (χ1n) is 8.88. The van der Waals surface area contributed by atoms with E-state index in [1.54, 1.807) is 25.1 Å². The monoisotopic (exact) mass is 409 g/mol. The second-order valence-corrected chi connectivity index (χ2v) is 6.02. The molecule has 8 nitrogen and oxygen atoms in total. The SMILES string of the molecule is CCOc1cc(/C=C2\C(=O)NC(=O)N(c3ccc(F)cc3)C2=O)ccc1OCC#N. The van der Waals surface area contributed by atoms with Gasteiger partial charge in [0.1, 0.15) is 17.5 Å². The van der Waals surface area contributed by atoms with Crippen molar-refractivity contribution in [3.8, 4) is 17.6 Å². The van der Waals surface area contributed by atoms with Crippen molar-refractivity contribution >= 4 is 29.6 Å². The van der Waals surface area contributed by atoms with Crippen molar-refractivity contribution in [2.75, 3.05) is 18.1 Å². The lowest BCUT2D eigenvalue weighted by atomic mass is 10.1. The quantitative estimate of drug-likeness (QED) is 0.581. The molecule has 2 aromatic carbocycles. The van der Waals surface area contributed by atoms with Gasteiger partial charge >= 0.3 is 6.03 Å². The number of nitriles is 1. The molecule has 0 atom stereocenters. The molecule has 0 spiro atoms. The van der Waals surface area contributed by atoms with Gasteiger partial charge in [-0.2, -0.15) is 5.26 Å². The molecule has 0 saturated carbocycles. The summed E-state index contributed by atoms with van der Waals surface area (Å²) < 4.78 is 24.0. The van der Waals surface area contributed by atoms with Crippen LogP contribution in [0.25, 0.3) is 6.08 Å². The number of ether oxygens (including phenoxy) is 2. The minimum atomic E-state index is -0.927. The predicted molar refractivity (Wildman–Crippen MR) is 104 cm³/mol. The first kappa shape index (κ1) is 20.5. The molecule has 152 valence electrons. The number of urea groups is 1. The molecule has 1 heterocycles. The van der Waals surface area contributed by atoms with Crippen LogP contribution in [0.2, 0.25) is 0 Å². The van der Waals surface area contributed by atoms with E-state index >= 15 is 0 Å². The fourth-order valence-electron chi connectivity index (χ4n) is 2.76. The van der Waals surface area contributed by atoms with Crippen molar-refractivity contribution in [3.05, 3.63) is 59.4 Å². The Morgan fingerprint density at radius 1 is 1.10 bits per heavy atom. The molecule has 1 saturated heterocycles. The number of carbonyl (C=O) groups excluding carboxylic acids is 3. The molecule has 2 aromatic rings. The lowest BCUT2D eigenvalue weighted by Crippen LogP contribution is -2.54. The minimum Gasteiger partial charge on any atom is -0.490 e. The zero-order valence-electron chi connectivity index (χ0n) is 15.8. The largest absolute Gasteiger partial charge is 0.490 e. The number of benzene rings is 2. The zero-order valence-corrected chi connectivity index (χ0v) is 15.8. The number of amides is 4. The number of halogens is 1. The summed E-state index contributed by atoms with van der Waals surface area (Å²) >= 11 is 0. The molecule has 1 aliphatic heterocycles. The molecule has 3 rings (SSSR count).